The Labute approximate surface area is 262 Å². The molecule has 0 saturated carbocycles. The van der Waals surface area contributed by atoms with E-state index in [4.69, 9.17) is 4.98 Å². The molecule has 3 aromatic heterocycles. The van der Waals surface area contributed by atoms with Gasteiger partial charge in [-0.15, -0.1) is 0 Å². The molecule has 3 N–H and O–H groups in total. The number of amides is 1. The third-order valence-corrected chi connectivity index (χ3v) is 9.23. The summed E-state index contributed by atoms with van der Waals surface area (Å²) in [7, 11) is -3.56. The molecule has 1 atom stereocenters. The minimum absolute atomic E-state index is 0.0227. The molecule has 1 amide bonds. The summed E-state index contributed by atoms with van der Waals surface area (Å²) >= 11 is 0. The maximum Gasteiger partial charge on any atom is 0.217 e. The van der Waals surface area contributed by atoms with Gasteiger partial charge in [-0.1, -0.05) is 6.07 Å². The number of pyridine rings is 2. The highest BCUT2D eigenvalue weighted by molar-refractivity contribution is 7.90. The molecule has 1 aliphatic heterocycles. The maximum atomic E-state index is 12.9. The molecule has 1 fully saturated rings. The molecule has 0 aliphatic carbocycles. The Balaban J connectivity index is 1.33. The lowest BCUT2D eigenvalue weighted by atomic mass is 9.98. The SMILES string of the molecule is CC(=O)NC1CCN(c2ccc(Nc3cc4c(-c5ccc6c(cnn6CC(C)(C)O)c5C)nccc4cn3)cc2S(C)(=O)=O)C1. The quantitative estimate of drug-likeness (QED) is 0.225. The molecule has 0 radical (unpaired) electrons. The van der Waals surface area contributed by atoms with Crippen molar-refractivity contribution >= 4 is 54.6 Å². The zero-order chi connectivity index (χ0) is 32.1. The average Bonchev–Trinajstić information content (AvgIpc) is 3.59. The standard InChI is InChI=1S/C33H37N7O4S/c1-20-25(7-9-28-27(20)17-36-40(28)19-33(3,4)42)32-26-15-31(35-16-22(26)10-12-34-32)38-23-6-8-29(30(14-23)45(5,43)44)39-13-11-24(18-39)37-21(2)41/h6-10,12,14-17,24,42H,11,13,18-19H2,1-5H3,(H,35,38)(H,37,41). The molecular weight excluding hydrogens is 590 g/mol. The molecule has 0 spiro atoms. The second kappa shape index (κ2) is 11.4. The Morgan fingerprint density at radius 3 is 2.62 bits per heavy atom. The van der Waals surface area contributed by atoms with E-state index in [0.29, 0.717) is 36.8 Å². The van der Waals surface area contributed by atoms with Crippen LogP contribution < -0.4 is 15.5 Å². The molecule has 11 nitrogen and oxygen atoms in total. The predicted octanol–water partition coefficient (Wildman–Crippen LogP) is 4.59. The summed E-state index contributed by atoms with van der Waals surface area (Å²) in [6, 6.07) is 13.1. The first-order valence-electron chi connectivity index (χ1n) is 14.8. The first-order chi connectivity index (χ1) is 21.3. The number of hydrogen-bond acceptors (Lipinski definition) is 9. The van der Waals surface area contributed by atoms with Crippen molar-refractivity contribution in [1.82, 2.24) is 25.1 Å². The molecule has 234 valence electrons. The zero-order valence-corrected chi connectivity index (χ0v) is 26.8. The van der Waals surface area contributed by atoms with Crippen molar-refractivity contribution in [2.24, 2.45) is 0 Å². The molecule has 5 aromatic rings. The third-order valence-electron chi connectivity index (χ3n) is 8.10. The van der Waals surface area contributed by atoms with Crippen molar-refractivity contribution in [3.8, 4) is 11.3 Å². The lowest BCUT2D eigenvalue weighted by molar-refractivity contribution is -0.119. The van der Waals surface area contributed by atoms with Gasteiger partial charge in [0.05, 0.1) is 40.1 Å². The highest BCUT2D eigenvalue weighted by Crippen LogP contribution is 2.35. The fourth-order valence-corrected chi connectivity index (χ4v) is 6.99. The number of sulfone groups is 1. The summed E-state index contributed by atoms with van der Waals surface area (Å²) in [6.45, 7) is 8.61. The van der Waals surface area contributed by atoms with E-state index in [2.05, 4.69) is 20.7 Å². The number of hydrogen-bond donors (Lipinski definition) is 3. The van der Waals surface area contributed by atoms with Crippen LogP contribution in [0, 0.1) is 6.92 Å². The van der Waals surface area contributed by atoms with Crippen LogP contribution in [-0.4, -0.2) is 70.2 Å². The Kier molecular flexibility index (Phi) is 7.74. The number of aromatic nitrogens is 4. The minimum atomic E-state index is -3.56. The van der Waals surface area contributed by atoms with Gasteiger partial charge in [-0.25, -0.2) is 13.4 Å². The number of nitrogens with zero attached hydrogens (tertiary/aromatic N) is 5. The highest BCUT2D eigenvalue weighted by atomic mass is 32.2. The zero-order valence-electron chi connectivity index (χ0n) is 26.0. The summed E-state index contributed by atoms with van der Waals surface area (Å²) in [5.41, 5.74) is 4.02. The summed E-state index contributed by atoms with van der Waals surface area (Å²) in [6.07, 6.45) is 7.31. The van der Waals surface area contributed by atoms with E-state index in [-0.39, 0.29) is 16.8 Å². The van der Waals surface area contributed by atoms with Crippen molar-refractivity contribution in [2.45, 2.75) is 57.2 Å². The van der Waals surface area contributed by atoms with Crippen LogP contribution in [0.1, 0.15) is 32.8 Å². The van der Waals surface area contributed by atoms with Crippen LogP contribution in [0.3, 0.4) is 0 Å². The number of carbonyl (C=O) groups is 1. The Bertz CT molecular complexity index is 2050. The van der Waals surface area contributed by atoms with E-state index < -0.39 is 15.4 Å². The number of nitrogens with one attached hydrogen (secondary N) is 2. The molecule has 4 heterocycles. The van der Waals surface area contributed by atoms with Gasteiger partial charge in [0.15, 0.2) is 9.84 Å². The lowest BCUT2D eigenvalue weighted by Gasteiger charge is -2.22. The predicted molar refractivity (Wildman–Crippen MR) is 177 cm³/mol. The Hall–Kier alpha value is -4.55. The van der Waals surface area contributed by atoms with Gasteiger partial charge in [-0.3, -0.25) is 14.5 Å². The van der Waals surface area contributed by atoms with Crippen LogP contribution >= 0.6 is 0 Å². The van der Waals surface area contributed by atoms with E-state index in [1.54, 1.807) is 38.4 Å². The average molecular weight is 628 g/mol. The van der Waals surface area contributed by atoms with Gasteiger partial charge in [-0.2, -0.15) is 5.10 Å². The van der Waals surface area contributed by atoms with Crippen LogP contribution in [0.15, 0.2) is 66.0 Å². The van der Waals surface area contributed by atoms with Crippen LogP contribution in [0.2, 0.25) is 0 Å². The van der Waals surface area contributed by atoms with Gasteiger partial charge >= 0.3 is 0 Å². The number of benzene rings is 2. The molecule has 0 bridgehead atoms. The van der Waals surface area contributed by atoms with Crippen LogP contribution in [0.4, 0.5) is 17.2 Å². The second-order valence-corrected chi connectivity index (χ2v) is 14.4. The Morgan fingerprint density at radius 2 is 1.89 bits per heavy atom. The normalized spacial score (nSPS) is 15.6. The number of rotatable bonds is 8. The van der Waals surface area contributed by atoms with Crippen molar-refractivity contribution in [3.63, 3.8) is 0 Å². The summed E-state index contributed by atoms with van der Waals surface area (Å²) in [5, 5.41) is 23.9. The van der Waals surface area contributed by atoms with E-state index >= 15 is 0 Å². The topological polar surface area (TPSA) is 142 Å². The van der Waals surface area contributed by atoms with Crippen LogP contribution in [0.5, 0.6) is 0 Å². The lowest BCUT2D eigenvalue weighted by Crippen LogP contribution is -2.35. The fourth-order valence-electron chi connectivity index (χ4n) is 6.07. The van der Waals surface area contributed by atoms with E-state index in [1.807, 2.05) is 53.0 Å². The number of carbonyl (C=O) groups excluding carboxylic acids is 1. The third kappa shape index (κ3) is 6.34. The van der Waals surface area contributed by atoms with Gasteiger partial charge in [-0.05, 0) is 69.2 Å². The number of aryl methyl sites for hydroxylation is 1. The smallest absolute Gasteiger partial charge is 0.217 e. The van der Waals surface area contributed by atoms with Crippen molar-refractivity contribution in [3.05, 3.63) is 66.6 Å². The molecule has 1 aliphatic rings. The summed E-state index contributed by atoms with van der Waals surface area (Å²) in [5.74, 6) is 0.451. The van der Waals surface area contributed by atoms with Crippen LogP contribution in [0.25, 0.3) is 32.9 Å². The molecule has 1 saturated heterocycles. The molecule has 12 heteroatoms. The van der Waals surface area contributed by atoms with Gasteiger partial charge in [0.2, 0.25) is 5.91 Å². The highest BCUT2D eigenvalue weighted by Gasteiger charge is 2.27. The molecule has 2 aromatic carbocycles. The number of anilines is 3. The van der Waals surface area contributed by atoms with E-state index in [0.717, 1.165) is 44.9 Å². The number of fused-ring (bicyclic) bond motifs is 2. The first-order valence-corrected chi connectivity index (χ1v) is 16.7. The van der Waals surface area contributed by atoms with E-state index in [1.165, 1.54) is 13.2 Å². The van der Waals surface area contributed by atoms with E-state index in [9.17, 15) is 18.3 Å². The number of aliphatic hydroxyl groups is 1. The largest absolute Gasteiger partial charge is 0.389 e. The van der Waals surface area contributed by atoms with Crippen LogP contribution in [-0.2, 0) is 21.2 Å². The first kappa shape index (κ1) is 30.5. The molecular formula is C33H37N7O4S. The van der Waals surface area contributed by atoms with Crippen molar-refractivity contribution in [2.75, 3.05) is 29.6 Å². The van der Waals surface area contributed by atoms with Crippen molar-refractivity contribution < 1.29 is 18.3 Å². The maximum absolute atomic E-state index is 12.9. The van der Waals surface area contributed by atoms with Gasteiger partial charge in [0.25, 0.3) is 0 Å². The molecule has 1 unspecified atom stereocenters. The minimum Gasteiger partial charge on any atom is -0.389 e. The van der Waals surface area contributed by atoms with Crippen molar-refractivity contribution in [1.29, 1.82) is 0 Å². The Morgan fingerprint density at radius 1 is 1.09 bits per heavy atom. The summed E-state index contributed by atoms with van der Waals surface area (Å²) in [4.78, 5) is 23.1. The van der Waals surface area contributed by atoms with Gasteiger partial charge in [0.1, 0.15) is 5.82 Å². The molecule has 6 rings (SSSR count). The monoisotopic (exact) mass is 627 g/mol. The van der Waals surface area contributed by atoms with Gasteiger partial charge < -0.3 is 20.6 Å². The second-order valence-electron chi connectivity index (χ2n) is 12.4. The molecule has 45 heavy (non-hydrogen) atoms. The van der Waals surface area contributed by atoms with Gasteiger partial charge in [0, 0.05) is 72.1 Å². The summed E-state index contributed by atoms with van der Waals surface area (Å²) < 4.78 is 27.6. The fraction of sp³-hybridized carbons (Fsp3) is 0.333.